The highest BCUT2D eigenvalue weighted by molar-refractivity contribution is 6.05. The van der Waals surface area contributed by atoms with Crippen molar-refractivity contribution in [3.63, 3.8) is 0 Å². The van der Waals surface area contributed by atoms with Crippen LogP contribution in [0.4, 0.5) is 0 Å². The number of nitrogens with one attached hydrogen (secondary N) is 4. The van der Waals surface area contributed by atoms with Crippen molar-refractivity contribution in [1.82, 2.24) is 82.5 Å². The molecule has 0 atom stereocenters. The molecule has 8 aromatic rings. The van der Waals surface area contributed by atoms with Gasteiger partial charge >= 0.3 is 0 Å². The van der Waals surface area contributed by atoms with Crippen LogP contribution in [0.25, 0.3) is 56.7 Å². The fourth-order valence-electron chi connectivity index (χ4n) is 5.19. The molecule has 4 aromatic carbocycles. The van der Waals surface area contributed by atoms with Crippen LogP contribution in [-0.2, 0) is 0 Å². The van der Waals surface area contributed by atoms with Crippen molar-refractivity contribution in [2.75, 3.05) is 0 Å². The first-order chi connectivity index (χ1) is 22.8. The number of benzene rings is 4. The molecule has 0 fully saturated rings. The van der Waals surface area contributed by atoms with Gasteiger partial charge in [0, 0.05) is 22.3 Å². The summed E-state index contributed by atoms with van der Waals surface area (Å²) in [5, 5.41) is 57.9. The minimum absolute atomic E-state index is 0.510. The molecule has 8 rings (SSSR count). The van der Waals surface area contributed by atoms with Crippen LogP contribution in [0.2, 0.25) is 0 Å². The third kappa shape index (κ3) is 5.06. The number of hydrogen-bond donors (Lipinski definition) is 4. The largest absolute Gasteiger partial charge is 0.204 e. The van der Waals surface area contributed by atoms with E-state index in [9.17, 15) is 0 Å². The fraction of sp³-hybridized carbons (Fsp3) is 0. The molecule has 0 aliphatic rings. The van der Waals surface area contributed by atoms with Crippen LogP contribution in [0.15, 0.2) is 97.1 Å². The van der Waals surface area contributed by atoms with Gasteiger partial charge in [0.05, 0.1) is 0 Å². The van der Waals surface area contributed by atoms with E-state index in [4.69, 9.17) is 0 Å². The molecule has 0 unspecified atom stereocenters. The van der Waals surface area contributed by atoms with Crippen LogP contribution in [0.1, 0.15) is 22.3 Å². The molecule has 46 heavy (non-hydrogen) atoms. The molecule has 0 bridgehead atoms. The number of rotatable bonds is 8. The first-order valence-electron chi connectivity index (χ1n) is 13.9. The minimum Gasteiger partial charge on any atom is -0.177 e. The van der Waals surface area contributed by atoms with E-state index in [2.05, 4.69) is 131 Å². The first-order valence-corrected chi connectivity index (χ1v) is 13.9. The summed E-state index contributed by atoms with van der Waals surface area (Å²) >= 11 is 0. The van der Waals surface area contributed by atoms with Crippen molar-refractivity contribution in [2.24, 2.45) is 0 Å². The van der Waals surface area contributed by atoms with Gasteiger partial charge in [0.25, 0.3) is 0 Å². The second-order valence-corrected chi connectivity index (χ2v) is 10.0. The Morgan fingerprint density at radius 2 is 0.522 bits per heavy atom. The van der Waals surface area contributed by atoms with Crippen LogP contribution in [-0.4, -0.2) is 82.5 Å². The van der Waals surface area contributed by atoms with Crippen molar-refractivity contribution in [3.05, 3.63) is 119 Å². The molecule has 0 radical (unpaired) electrons. The zero-order valence-corrected chi connectivity index (χ0v) is 23.6. The number of aromatic amines is 4. The Labute approximate surface area is 258 Å². The summed E-state index contributed by atoms with van der Waals surface area (Å²) in [6.45, 7) is 0. The van der Waals surface area contributed by atoms with Crippen LogP contribution in [0.5, 0.6) is 0 Å². The second kappa shape index (κ2) is 11.5. The summed E-state index contributed by atoms with van der Waals surface area (Å²) < 4.78 is 0. The number of hydrogen-bond acceptors (Lipinski definition) is 12. The van der Waals surface area contributed by atoms with Gasteiger partial charge in [-0.05, 0) is 54.3 Å². The Morgan fingerprint density at radius 1 is 0.304 bits per heavy atom. The van der Waals surface area contributed by atoms with Crippen molar-refractivity contribution in [1.29, 1.82) is 0 Å². The van der Waals surface area contributed by atoms with Gasteiger partial charge in [0.2, 0.25) is 23.3 Å². The van der Waals surface area contributed by atoms with Gasteiger partial charge in [-0.25, -0.2) is 0 Å². The molecular formula is C30H20N16. The average Bonchev–Trinajstić information content (AvgIpc) is 3.96. The lowest BCUT2D eigenvalue weighted by atomic mass is 9.85. The molecule has 16 heteroatoms. The van der Waals surface area contributed by atoms with Crippen LogP contribution in [0, 0.1) is 0 Å². The molecular weight excluding hydrogens is 584 g/mol. The Morgan fingerprint density at radius 3 is 0.696 bits per heavy atom. The predicted octanol–water partition coefficient (Wildman–Crippen LogP) is 3.41. The molecule has 0 aliphatic carbocycles. The third-order valence-electron chi connectivity index (χ3n) is 7.36. The number of H-pyrrole nitrogens is 4. The fourth-order valence-corrected chi connectivity index (χ4v) is 5.19. The standard InChI is InChI=1S/C30H20N16/c1-9-21(27-31-39-40-32-27)10-2-17(1)25(18-3-11-22(12-4-18)28-33-41-42-34-28)26(19-5-13-23(14-6-19)29-35-43-44-36-29)20-7-15-24(16-8-20)30-37-45-46-38-30/h1-16H,(H,31,32,39,40)(H,33,34,41,42)(H,35,36,43,44)(H,37,38,45,46). The maximum absolute atomic E-state index is 4.13. The van der Waals surface area contributed by atoms with Gasteiger partial charge in [0.15, 0.2) is 0 Å². The van der Waals surface area contributed by atoms with E-state index in [0.29, 0.717) is 23.3 Å². The highest BCUT2D eigenvalue weighted by Gasteiger charge is 2.19. The average molecular weight is 605 g/mol. The van der Waals surface area contributed by atoms with Gasteiger partial charge < -0.3 is 0 Å². The normalized spacial score (nSPS) is 11.0. The molecule has 0 spiro atoms. The Hall–Kier alpha value is -7.10. The number of tetrazole rings is 4. The molecule has 4 aromatic heterocycles. The van der Waals surface area contributed by atoms with Gasteiger partial charge in [-0.2, -0.15) is 20.9 Å². The summed E-state index contributed by atoms with van der Waals surface area (Å²) in [5.74, 6) is 2.04. The van der Waals surface area contributed by atoms with E-state index in [-0.39, 0.29) is 0 Å². The smallest absolute Gasteiger partial charge is 0.177 e. The first kappa shape index (κ1) is 26.5. The zero-order valence-electron chi connectivity index (χ0n) is 23.6. The van der Waals surface area contributed by atoms with E-state index in [0.717, 1.165) is 55.7 Å². The molecule has 0 amide bonds. The SMILES string of the molecule is c1cc(-c2nn[nH]n2)ccc1C(=C(c1ccc(-c2nn[nH]n2)cc1)c1ccc(-c2nn[nH]n2)cc1)c1ccc(-c2nn[nH]n2)cc1. The molecule has 0 saturated heterocycles. The maximum Gasteiger partial charge on any atom is 0.204 e. The minimum atomic E-state index is 0.510. The van der Waals surface area contributed by atoms with E-state index < -0.39 is 0 Å². The lowest BCUT2D eigenvalue weighted by Crippen LogP contribution is -1.99. The molecule has 220 valence electrons. The highest BCUT2D eigenvalue weighted by atomic mass is 15.5. The molecule has 0 saturated carbocycles. The van der Waals surface area contributed by atoms with Crippen LogP contribution < -0.4 is 0 Å². The quantitative estimate of drug-likeness (QED) is 0.183. The summed E-state index contributed by atoms with van der Waals surface area (Å²) in [5.41, 5.74) is 9.19. The van der Waals surface area contributed by atoms with Gasteiger partial charge in [-0.15, -0.1) is 40.8 Å². The van der Waals surface area contributed by atoms with E-state index in [1.54, 1.807) is 0 Å². The summed E-state index contributed by atoms with van der Waals surface area (Å²) in [6.07, 6.45) is 0. The van der Waals surface area contributed by atoms with Crippen LogP contribution >= 0.6 is 0 Å². The lowest BCUT2D eigenvalue weighted by Gasteiger charge is -2.19. The Bertz CT molecular complexity index is 1860. The van der Waals surface area contributed by atoms with Crippen molar-refractivity contribution in [2.45, 2.75) is 0 Å². The van der Waals surface area contributed by atoms with Gasteiger partial charge in [-0.3, -0.25) is 0 Å². The predicted molar refractivity (Wildman–Crippen MR) is 163 cm³/mol. The molecule has 4 heterocycles. The topological polar surface area (TPSA) is 218 Å². The Kier molecular flexibility index (Phi) is 6.65. The van der Waals surface area contributed by atoms with E-state index in [1.807, 2.05) is 48.5 Å². The van der Waals surface area contributed by atoms with Gasteiger partial charge in [-0.1, -0.05) is 97.1 Å². The summed E-state index contributed by atoms with van der Waals surface area (Å²) in [7, 11) is 0. The number of nitrogens with zero attached hydrogens (tertiary/aromatic N) is 12. The monoisotopic (exact) mass is 604 g/mol. The molecule has 4 N–H and O–H groups in total. The van der Waals surface area contributed by atoms with Gasteiger partial charge in [0.1, 0.15) is 0 Å². The zero-order chi connectivity index (χ0) is 30.7. The van der Waals surface area contributed by atoms with E-state index >= 15 is 0 Å². The second-order valence-electron chi connectivity index (χ2n) is 10.0. The van der Waals surface area contributed by atoms with E-state index in [1.165, 1.54) is 0 Å². The Balaban J connectivity index is 1.33. The number of aromatic nitrogens is 16. The molecule has 16 nitrogen and oxygen atoms in total. The summed E-state index contributed by atoms with van der Waals surface area (Å²) in [4.78, 5) is 0. The maximum atomic E-state index is 4.13. The third-order valence-corrected chi connectivity index (χ3v) is 7.36. The van der Waals surface area contributed by atoms with Crippen LogP contribution in [0.3, 0.4) is 0 Å². The lowest BCUT2D eigenvalue weighted by molar-refractivity contribution is 0.881. The van der Waals surface area contributed by atoms with Crippen molar-refractivity contribution in [3.8, 4) is 45.6 Å². The highest BCUT2D eigenvalue weighted by Crippen LogP contribution is 2.39. The van der Waals surface area contributed by atoms with Crippen molar-refractivity contribution < 1.29 is 0 Å². The molecule has 0 aliphatic heterocycles. The summed E-state index contributed by atoms with van der Waals surface area (Å²) in [6, 6.07) is 32.2. The van der Waals surface area contributed by atoms with Crippen molar-refractivity contribution >= 4 is 11.1 Å².